The van der Waals surface area contributed by atoms with Crippen LogP contribution in [0, 0.1) is 0 Å². The minimum absolute atomic E-state index is 0.0126. The van der Waals surface area contributed by atoms with Crippen LogP contribution in [0.5, 0.6) is 5.75 Å². The van der Waals surface area contributed by atoms with Gasteiger partial charge in [-0.3, -0.25) is 4.79 Å². The van der Waals surface area contributed by atoms with Gasteiger partial charge >= 0.3 is 0 Å². The van der Waals surface area contributed by atoms with Crippen molar-refractivity contribution in [1.29, 1.82) is 0 Å². The monoisotopic (exact) mass is 297 g/mol. The Balaban J connectivity index is 1.67. The Kier molecular flexibility index (Phi) is 4.62. The zero-order chi connectivity index (χ0) is 15.4. The highest BCUT2D eigenvalue weighted by Gasteiger charge is 2.24. The molecule has 1 aromatic carbocycles. The van der Waals surface area contributed by atoms with E-state index in [1.165, 1.54) is 18.9 Å². The van der Waals surface area contributed by atoms with Crippen LogP contribution >= 0.6 is 0 Å². The van der Waals surface area contributed by atoms with E-state index in [1.54, 1.807) is 0 Å². The highest BCUT2D eigenvalue weighted by molar-refractivity contribution is 5.87. The van der Waals surface area contributed by atoms with Crippen molar-refractivity contribution in [3.05, 3.63) is 54.6 Å². The summed E-state index contributed by atoms with van der Waals surface area (Å²) in [5, 5.41) is 0. The standard InChI is InChI=1S/C19H23NO2/c1-2-19(21)20(16-6-4-3-5-7-16)14-15-8-10-17(11-9-15)22-18-12-13-18/h2-4,8-11,16,18H,1,5-7,12-14H2. The first-order chi connectivity index (χ1) is 10.8. The third-order valence-electron chi connectivity index (χ3n) is 4.24. The van der Waals surface area contributed by atoms with Gasteiger partial charge in [-0.15, -0.1) is 0 Å². The van der Waals surface area contributed by atoms with Crippen molar-refractivity contribution in [1.82, 2.24) is 4.90 Å². The van der Waals surface area contributed by atoms with E-state index < -0.39 is 0 Å². The van der Waals surface area contributed by atoms with E-state index in [-0.39, 0.29) is 11.9 Å². The number of amides is 1. The van der Waals surface area contributed by atoms with Crippen molar-refractivity contribution in [2.45, 2.75) is 50.8 Å². The lowest BCUT2D eigenvalue weighted by atomic mass is 9.99. The van der Waals surface area contributed by atoms with E-state index in [0.717, 1.165) is 30.6 Å². The van der Waals surface area contributed by atoms with Gasteiger partial charge in [-0.2, -0.15) is 0 Å². The predicted octanol–water partition coefficient (Wildman–Crippen LogP) is 3.85. The van der Waals surface area contributed by atoms with Crippen molar-refractivity contribution in [2.24, 2.45) is 0 Å². The second-order valence-corrected chi connectivity index (χ2v) is 6.07. The molecule has 22 heavy (non-hydrogen) atoms. The molecule has 1 unspecified atom stereocenters. The fourth-order valence-electron chi connectivity index (χ4n) is 2.81. The molecule has 0 radical (unpaired) electrons. The second kappa shape index (κ2) is 6.82. The van der Waals surface area contributed by atoms with Crippen molar-refractivity contribution in [3.8, 4) is 5.75 Å². The molecule has 3 nitrogen and oxygen atoms in total. The maximum absolute atomic E-state index is 12.2. The van der Waals surface area contributed by atoms with Crippen molar-refractivity contribution >= 4 is 5.91 Å². The number of carbonyl (C=O) groups excluding carboxylic acids is 1. The first-order valence-corrected chi connectivity index (χ1v) is 8.10. The molecule has 1 saturated carbocycles. The van der Waals surface area contributed by atoms with Crippen LogP contribution in [0.15, 0.2) is 49.1 Å². The first kappa shape index (κ1) is 14.9. The van der Waals surface area contributed by atoms with E-state index in [9.17, 15) is 4.79 Å². The van der Waals surface area contributed by atoms with Crippen LogP contribution < -0.4 is 4.74 Å². The van der Waals surface area contributed by atoms with Crippen molar-refractivity contribution < 1.29 is 9.53 Å². The van der Waals surface area contributed by atoms with Crippen LogP contribution in [0.2, 0.25) is 0 Å². The molecule has 0 N–H and O–H groups in total. The summed E-state index contributed by atoms with van der Waals surface area (Å²) >= 11 is 0. The van der Waals surface area contributed by atoms with E-state index >= 15 is 0 Å². The topological polar surface area (TPSA) is 29.5 Å². The number of nitrogens with zero attached hydrogens (tertiary/aromatic N) is 1. The van der Waals surface area contributed by atoms with Gasteiger partial charge in [0.25, 0.3) is 0 Å². The van der Waals surface area contributed by atoms with E-state index in [1.807, 2.05) is 17.0 Å². The van der Waals surface area contributed by atoms with Crippen LogP contribution in [-0.2, 0) is 11.3 Å². The Morgan fingerprint density at radius 2 is 2.00 bits per heavy atom. The molecule has 0 aromatic heterocycles. The molecule has 0 spiro atoms. The number of rotatable bonds is 6. The molecule has 0 heterocycles. The quantitative estimate of drug-likeness (QED) is 0.589. The van der Waals surface area contributed by atoms with E-state index in [0.29, 0.717) is 12.6 Å². The van der Waals surface area contributed by atoms with Crippen molar-refractivity contribution in [3.63, 3.8) is 0 Å². The van der Waals surface area contributed by atoms with Gasteiger partial charge in [0.05, 0.1) is 6.10 Å². The molecule has 1 atom stereocenters. The average Bonchev–Trinajstić information content (AvgIpc) is 3.38. The minimum atomic E-state index is 0.0126. The Bertz CT molecular complexity index is 557. The molecule has 116 valence electrons. The summed E-state index contributed by atoms with van der Waals surface area (Å²) in [7, 11) is 0. The molecule has 1 fully saturated rings. The van der Waals surface area contributed by atoms with Gasteiger partial charge in [0, 0.05) is 12.6 Å². The summed E-state index contributed by atoms with van der Waals surface area (Å²) in [5.74, 6) is 0.937. The maximum Gasteiger partial charge on any atom is 0.246 e. The Hall–Kier alpha value is -2.03. The molecule has 1 amide bonds. The number of hydrogen-bond acceptors (Lipinski definition) is 2. The summed E-state index contributed by atoms with van der Waals surface area (Å²) in [5.41, 5.74) is 1.13. The summed E-state index contributed by atoms with van der Waals surface area (Å²) < 4.78 is 5.76. The van der Waals surface area contributed by atoms with Gasteiger partial charge in [0.2, 0.25) is 5.91 Å². The molecule has 2 aliphatic rings. The van der Waals surface area contributed by atoms with Crippen molar-refractivity contribution in [2.75, 3.05) is 0 Å². The molecule has 0 aliphatic heterocycles. The average molecular weight is 297 g/mol. The molecular formula is C19H23NO2. The molecule has 0 saturated heterocycles. The highest BCUT2D eigenvalue weighted by atomic mass is 16.5. The molecular weight excluding hydrogens is 274 g/mol. The summed E-state index contributed by atoms with van der Waals surface area (Å²) in [6.45, 7) is 4.27. The molecule has 3 rings (SSSR count). The van der Waals surface area contributed by atoms with Gasteiger partial charge in [0.1, 0.15) is 5.75 Å². The number of ether oxygens (including phenoxy) is 1. The Labute approximate surface area is 132 Å². The van der Waals surface area contributed by atoms with Gasteiger partial charge in [0.15, 0.2) is 0 Å². The number of benzene rings is 1. The summed E-state index contributed by atoms with van der Waals surface area (Å²) in [6, 6.07) is 8.40. The fourth-order valence-corrected chi connectivity index (χ4v) is 2.81. The number of carbonyl (C=O) groups is 1. The first-order valence-electron chi connectivity index (χ1n) is 8.10. The maximum atomic E-state index is 12.2. The molecule has 2 aliphatic carbocycles. The van der Waals surface area contributed by atoms with Crippen LogP contribution in [-0.4, -0.2) is 23.0 Å². The van der Waals surface area contributed by atoms with E-state index in [4.69, 9.17) is 4.74 Å². The van der Waals surface area contributed by atoms with Crippen LogP contribution in [0.25, 0.3) is 0 Å². The predicted molar refractivity (Wildman–Crippen MR) is 87.6 cm³/mol. The third kappa shape index (κ3) is 3.79. The van der Waals surface area contributed by atoms with Gasteiger partial charge < -0.3 is 9.64 Å². The largest absolute Gasteiger partial charge is 0.490 e. The Morgan fingerprint density at radius 3 is 2.59 bits per heavy atom. The van der Waals surface area contributed by atoms with Crippen LogP contribution in [0.4, 0.5) is 0 Å². The zero-order valence-electron chi connectivity index (χ0n) is 12.9. The number of hydrogen-bond donors (Lipinski definition) is 0. The minimum Gasteiger partial charge on any atom is -0.490 e. The molecule has 1 aromatic rings. The molecule has 0 bridgehead atoms. The lowest BCUT2D eigenvalue weighted by molar-refractivity contribution is -0.129. The highest BCUT2D eigenvalue weighted by Crippen LogP contribution is 2.27. The van der Waals surface area contributed by atoms with Crippen LogP contribution in [0.3, 0.4) is 0 Å². The fraction of sp³-hybridized carbons (Fsp3) is 0.421. The Morgan fingerprint density at radius 1 is 1.23 bits per heavy atom. The lowest BCUT2D eigenvalue weighted by Crippen LogP contribution is -2.39. The third-order valence-corrected chi connectivity index (χ3v) is 4.24. The SMILES string of the molecule is C=CC(=O)N(Cc1ccc(OC2CC2)cc1)C1CC=CCC1. The number of allylic oxidation sites excluding steroid dienone is 1. The van der Waals surface area contributed by atoms with Gasteiger partial charge in [-0.1, -0.05) is 30.9 Å². The normalized spacial score (nSPS) is 20.5. The van der Waals surface area contributed by atoms with Gasteiger partial charge in [-0.05, 0) is 55.9 Å². The lowest BCUT2D eigenvalue weighted by Gasteiger charge is -2.32. The van der Waals surface area contributed by atoms with Crippen LogP contribution in [0.1, 0.15) is 37.7 Å². The second-order valence-electron chi connectivity index (χ2n) is 6.07. The van der Waals surface area contributed by atoms with E-state index in [2.05, 4.69) is 30.9 Å². The smallest absolute Gasteiger partial charge is 0.246 e. The summed E-state index contributed by atoms with van der Waals surface area (Å²) in [4.78, 5) is 14.1. The summed E-state index contributed by atoms with van der Waals surface area (Å²) in [6.07, 6.45) is 11.5. The molecule has 3 heteroatoms. The van der Waals surface area contributed by atoms with Gasteiger partial charge in [-0.25, -0.2) is 0 Å². The zero-order valence-corrected chi connectivity index (χ0v) is 12.9.